The number of fused-ring (bicyclic) bond motifs is 1. The Morgan fingerprint density at radius 2 is 1.86 bits per heavy atom. The molecule has 0 aliphatic heterocycles. The summed E-state index contributed by atoms with van der Waals surface area (Å²) in [6.45, 7) is 1.86. The van der Waals surface area contributed by atoms with Gasteiger partial charge in [0.25, 0.3) is 11.8 Å². The number of hydrogen-bond donors (Lipinski definition) is 2. The van der Waals surface area contributed by atoms with Crippen molar-refractivity contribution in [2.45, 2.75) is 25.7 Å². The molecule has 8 nitrogen and oxygen atoms in total. The Labute approximate surface area is 210 Å². The summed E-state index contributed by atoms with van der Waals surface area (Å²) in [6, 6.07) is 9.42. The van der Waals surface area contributed by atoms with Crippen molar-refractivity contribution < 1.29 is 23.5 Å². The van der Waals surface area contributed by atoms with Gasteiger partial charge in [-0.15, -0.1) is 11.3 Å². The lowest BCUT2D eigenvalue weighted by Crippen LogP contribution is -2.19. The Morgan fingerprint density at radius 3 is 2.58 bits per heavy atom. The lowest BCUT2D eigenvalue weighted by molar-refractivity contribution is 0.102. The van der Waals surface area contributed by atoms with Crippen LogP contribution in [0.1, 0.15) is 50.0 Å². The molecular formula is C26H23FN4O4S. The molecule has 2 N–H and O–H groups in total. The van der Waals surface area contributed by atoms with Crippen LogP contribution in [0.4, 0.5) is 15.8 Å². The number of carbonyl (C=O) groups excluding carboxylic acids is 2. The molecule has 5 rings (SSSR count). The summed E-state index contributed by atoms with van der Waals surface area (Å²) in [4.78, 5) is 35.3. The zero-order valence-corrected chi connectivity index (χ0v) is 20.7. The number of halogens is 1. The molecule has 1 fully saturated rings. The lowest BCUT2D eigenvalue weighted by atomic mass is 10.1. The highest BCUT2D eigenvalue weighted by atomic mass is 32.1. The second-order valence-corrected chi connectivity index (χ2v) is 9.62. The topological polar surface area (TPSA) is 102 Å². The van der Waals surface area contributed by atoms with Gasteiger partial charge in [0.05, 0.1) is 46.9 Å². The minimum atomic E-state index is -0.502. The Kier molecular flexibility index (Phi) is 6.27. The van der Waals surface area contributed by atoms with Crippen molar-refractivity contribution in [1.29, 1.82) is 0 Å². The van der Waals surface area contributed by atoms with E-state index in [0.717, 1.165) is 17.8 Å². The molecule has 10 heteroatoms. The third kappa shape index (κ3) is 4.59. The maximum Gasteiger partial charge on any atom is 0.261 e. The Morgan fingerprint density at radius 1 is 1.06 bits per heavy atom. The molecule has 0 unspecified atom stereocenters. The molecule has 2 aromatic carbocycles. The SMILES string of the molecule is COc1cc(C(=O)Nc2ccc(F)c(C3CC3)c2)c(NC(=O)c2c(OC)ccc3nc(C)sc23)cn1. The highest BCUT2D eigenvalue weighted by molar-refractivity contribution is 7.19. The predicted octanol–water partition coefficient (Wildman–Crippen LogP) is 5.54. The highest BCUT2D eigenvalue weighted by Gasteiger charge is 2.27. The first-order chi connectivity index (χ1) is 17.4. The van der Waals surface area contributed by atoms with Crippen LogP contribution in [0.3, 0.4) is 0 Å². The number of ether oxygens (including phenoxy) is 2. The number of benzene rings is 2. The van der Waals surface area contributed by atoms with E-state index in [1.165, 1.54) is 50.0 Å². The molecule has 184 valence electrons. The van der Waals surface area contributed by atoms with E-state index in [2.05, 4.69) is 20.6 Å². The second kappa shape index (κ2) is 9.54. The van der Waals surface area contributed by atoms with E-state index in [-0.39, 0.29) is 28.9 Å². The third-order valence-electron chi connectivity index (χ3n) is 5.93. The molecule has 0 bridgehead atoms. The van der Waals surface area contributed by atoms with Crippen molar-refractivity contribution in [3.8, 4) is 11.6 Å². The molecule has 0 atom stereocenters. The van der Waals surface area contributed by atoms with Crippen LogP contribution in [0.2, 0.25) is 0 Å². The number of thiazole rings is 1. The van der Waals surface area contributed by atoms with Crippen LogP contribution in [0.15, 0.2) is 42.6 Å². The van der Waals surface area contributed by atoms with E-state index in [4.69, 9.17) is 9.47 Å². The van der Waals surface area contributed by atoms with E-state index < -0.39 is 11.8 Å². The number of amides is 2. The summed E-state index contributed by atoms with van der Waals surface area (Å²) >= 11 is 1.38. The number of rotatable bonds is 7. The van der Waals surface area contributed by atoms with Crippen LogP contribution >= 0.6 is 11.3 Å². The Hall–Kier alpha value is -4.05. The number of pyridine rings is 1. The summed E-state index contributed by atoms with van der Waals surface area (Å²) in [5.41, 5.74) is 2.37. The van der Waals surface area contributed by atoms with Crippen LogP contribution in [-0.2, 0) is 0 Å². The smallest absolute Gasteiger partial charge is 0.261 e. The number of anilines is 2. The number of nitrogens with zero attached hydrogens (tertiary/aromatic N) is 2. The predicted molar refractivity (Wildman–Crippen MR) is 136 cm³/mol. The van der Waals surface area contributed by atoms with E-state index in [0.29, 0.717) is 32.8 Å². The fourth-order valence-corrected chi connectivity index (χ4v) is 4.97. The number of methoxy groups -OCH3 is 2. The van der Waals surface area contributed by atoms with E-state index in [1.807, 2.05) is 6.92 Å². The molecule has 1 saturated carbocycles. The van der Waals surface area contributed by atoms with Gasteiger partial charge in [0.15, 0.2) is 0 Å². The minimum Gasteiger partial charge on any atom is -0.496 e. The Balaban J connectivity index is 1.47. The fourth-order valence-electron chi connectivity index (χ4n) is 4.02. The van der Waals surface area contributed by atoms with Gasteiger partial charge in [-0.25, -0.2) is 14.4 Å². The minimum absolute atomic E-state index is 0.138. The van der Waals surface area contributed by atoms with Crippen molar-refractivity contribution >= 4 is 44.7 Å². The molecular weight excluding hydrogens is 483 g/mol. The standard InChI is InChI=1S/C26H23FN4O4S/c1-13-29-19-8-9-21(34-2)23(24(19)36-13)26(33)31-20-12-28-22(35-3)11-17(20)25(32)30-15-6-7-18(27)16(10-15)14-4-5-14/h6-12,14H,4-5H2,1-3H3,(H,30,32)(H,31,33). The monoisotopic (exact) mass is 506 g/mol. The van der Waals surface area contributed by atoms with Crippen molar-refractivity contribution in [2.75, 3.05) is 24.9 Å². The van der Waals surface area contributed by atoms with Gasteiger partial charge in [-0.2, -0.15) is 0 Å². The second-order valence-electron chi connectivity index (χ2n) is 8.42. The van der Waals surface area contributed by atoms with Crippen molar-refractivity contribution in [3.05, 3.63) is 70.1 Å². The van der Waals surface area contributed by atoms with E-state index in [1.54, 1.807) is 18.2 Å². The first-order valence-corrected chi connectivity index (χ1v) is 12.1. The number of nitrogens with one attached hydrogen (secondary N) is 2. The number of carbonyl (C=O) groups is 2. The van der Waals surface area contributed by atoms with Gasteiger partial charge >= 0.3 is 0 Å². The average molecular weight is 507 g/mol. The largest absolute Gasteiger partial charge is 0.496 e. The molecule has 2 heterocycles. The summed E-state index contributed by atoms with van der Waals surface area (Å²) in [6.07, 6.45) is 3.22. The molecule has 1 aliphatic rings. The first kappa shape index (κ1) is 23.7. The van der Waals surface area contributed by atoms with Crippen molar-refractivity contribution in [3.63, 3.8) is 0 Å². The maximum atomic E-state index is 14.2. The van der Waals surface area contributed by atoms with Crippen molar-refractivity contribution in [1.82, 2.24) is 9.97 Å². The zero-order chi connectivity index (χ0) is 25.4. The van der Waals surface area contributed by atoms with E-state index >= 15 is 0 Å². The van der Waals surface area contributed by atoms with Crippen LogP contribution < -0.4 is 20.1 Å². The average Bonchev–Trinajstić information content (AvgIpc) is 3.64. The van der Waals surface area contributed by atoms with Gasteiger partial charge in [0.2, 0.25) is 5.88 Å². The molecule has 2 aromatic heterocycles. The number of aromatic nitrogens is 2. The highest BCUT2D eigenvalue weighted by Crippen LogP contribution is 2.42. The molecule has 2 amide bonds. The summed E-state index contributed by atoms with van der Waals surface area (Å²) in [5.74, 6) is -0.483. The maximum absolute atomic E-state index is 14.2. The van der Waals surface area contributed by atoms with Crippen LogP contribution in [0.5, 0.6) is 11.6 Å². The van der Waals surface area contributed by atoms with E-state index in [9.17, 15) is 14.0 Å². The molecule has 36 heavy (non-hydrogen) atoms. The summed E-state index contributed by atoms with van der Waals surface area (Å²) in [5, 5.41) is 6.40. The van der Waals surface area contributed by atoms with Crippen molar-refractivity contribution in [2.24, 2.45) is 0 Å². The first-order valence-electron chi connectivity index (χ1n) is 11.3. The van der Waals surface area contributed by atoms with Gasteiger partial charge in [-0.05, 0) is 61.6 Å². The third-order valence-corrected chi connectivity index (χ3v) is 6.93. The summed E-state index contributed by atoms with van der Waals surface area (Å²) in [7, 11) is 2.92. The molecule has 0 radical (unpaired) electrons. The molecule has 0 saturated heterocycles. The van der Waals surface area contributed by atoms with Gasteiger partial charge in [0, 0.05) is 11.8 Å². The normalized spacial score (nSPS) is 12.9. The zero-order valence-electron chi connectivity index (χ0n) is 19.8. The fraction of sp³-hybridized carbons (Fsp3) is 0.231. The lowest BCUT2D eigenvalue weighted by Gasteiger charge is -2.14. The van der Waals surface area contributed by atoms with Gasteiger partial charge in [-0.1, -0.05) is 0 Å². The number of hydrogen-bond acceptors (Lipinski definition) is 7. The van der Waals surface area contributed by atoms with Gasteiger partial charge in [0.1, 0.15) is 17.1 Å². The van der Waals surface area contributed by atoms with Crippen LogP contribution in [0, 0.1) is 12.7 Å². The van der Waals surface area contributed by atoms with Crippen LogP contribution in [0.25, 0.3) is 10.2 Å². The Bertz CT molecular complexity index is 1500. The quantitative estimate of drug-likeness (QED) is 0.341. The molecule has 0 spiro atoms. The van der Waals surface area contributed by atoms with Crippen LogP contribution in [-0.4, -0.2) is 36.0 Å². The van der Waals surface area contributed by atoms with Gasteiger partial charge in [-0.3, -0.25) is 9.59 Å². The molecule has 4 aromatic rings. The molecule has 1 aliphatic carbocycles. The van der Waals surface area contributed by atoms with Gasteiger partial charge < -0.3 is 20.1 Å². The number of aryl methyl sites for hydroxylation is 1. The summed E-state index contributed by atoms with van der Waals surface area (Å²) < 4.78 is 25.5.